The molecule has 1 unspecified atom stereocenters. The molecule has 8 nitrogen and oxygen atoms in total. The lowest BCUT2D eigenvalue weighted by Gasteiger charge is -2.37. The molecule has 0 saturated carbocycles. The van der Waals surface area contributed by atoms with Crippen molar-refractivity contribution >= 4 is 28.8 Å². The molecule has 0 radical (unpaired) electrons. The van der Waals surface area contributed by atoms with E-state index in [9.17, 15) is 23.9 Å². The molecule has 2 amide bonds. The first-order chi connectivity index (χ1) is 15.2. The van der Waals surface area contributed by atoms with Crippen molar-refractivity contribution in [2.45, 2.75) is 25.4 Å². The molecule has 0 bridgehead atoms. The van der Waals surface area contributed by atoms with E-state index in [2.05, 4.69) is 5.32 Å². The molecule has 166 valence electrons. The number of halogens is 1. The average molecular weight is 440 g/mol. The Hall–Kier alpha value is -3.88. The van der Waals surface area contributed by atoms with Crippen molar-refractivity contribution in [1.29, 1.82) is 0 Å². The summed E-state index contributed by atoms with van der Waals surface area (Å²) in [4.78, 5) is 39.1. The zero-order valence-electron chi connectivity index (χ0n) is 17.4. The molecule has 2 aromatic carbocycles. The van der Waals surface area contributed by atoms with Crippen LogP contribution in [-0.2, 0) is 9.59 Å². The van der Waals surface area contributed by atoms with E-state index in [0.717, 1.165) is 16.5 Å². The number of benzene rings is 2. The van der Waals surface area contributed by atoms with Gasteiger partial charge in [-0.15, -0.1) is 0 Å². The van der Waals surface area contributed by atoms with E-state index in [1.165, 1.54) is 19.1 Å². The number of hydrogen-bond donors (Lipinski definition) is 2. The number of hydrogen-bond acceptors (Lipinski definition) is 5. The zero-order chi connectivity index (χ0) is 23.0. The fraction of sp³-hybridized carbons (Fsp3) is 0.261. The standard InChI is InChI=1S/C23H21FN2O6/c1-13(14-6-4-3-5-7-14)25-22(30)23(2)12-31-19-16-10-15(24)8-9-17(16)32-20(19)21(29)26(23)11-18(27)28/h3-10,13H,11-12H2,1-2H3,(H,25,30)(H,27,28)/t13-,23?/m0/s1. The number of fused-ring (bicyclic) bond motifs is 3. The second-order valence-electron chi connectivity index (χ2n) is 7.85. The van der Waals surface area contributed by atoms with Crippen molar-refractivity contribution < 1.29 is 33.0 Å². The average Bonchev–Trinajstić information content (AvgIpc) is 3.08. The zero-order valence-corrected chi connectivity index (χ0v) is 17.4. The van der Waals surface area contributed by atoms with Gasteiger partial charge in [0.1, 0.15) is 24.6 Å². The fourth-order valence-corrected chi connectivity index (χ4v) is 3.72. The minimum atomic E-state index is -1.67. The van der Waals surface area contributed by atoms with Gasteiger partial charge in [-0.05, 0) is 37.6 Å². The largest absolute Gasteiger partial charge is 0.486 e. The number of nitrogens with zero attached hydrogens (tertiary/aromatic N) is 1. The Morgan fingerprint density at radius 3 is 2.66 bits per heavy atom. The van der Waals surface area contributed by atoms with Crippen molar-refractivity contribution in [1.82, 2.24) is 10.2 Å². The van der Waals surface area contributed by atoms with Gasteiger partial charge in [-0.25, -0.2) is 4.39 Å². The minimum Gasteiger partial charge on any atom is -0.486 e. The summed E-state index contributed by atoms with van der Waals surface area (Å²) in [6.07, 6.45) is 0. The molecule has 2 heterocycles. The van der Waals surface area contributed by atoms with Gasteiger partial charge in [0.05, 0.1) is 11.4 Å². The summed E-state index contributed by atoms with van der Waals surface area (Å²) in [5.74, 6) is -3.59. The monoisotopic (exact) mass is 440 g/mol. The van der Waals surface area contributed by atoms with Crippen LogP contribution in [0.25, 0.3) is 11.0 Å². The molecule has 9 heteroatoms. The molecule has 4 rings (SSSR count). The molecule has 1 aliphatic heterocycles. The number of ether oxygens (including phenoxy) is 1. The summed E-state index contributed by atoms with van der Waals surface area (Å²) < 4.78 is 25.1. The Kier molecular flexibility index (Phi) is 5.33. The number of carbonyl (C=O) groups is 3. The van der Waals surface area contributed by atoms with Gasteiger partial charge < -0.3 is 24.5 Å². The number of rotatable bonds is 5. The van der Waals surface area contributed by atoms with Gasteiger partial charge in [0.15, 0.2) is 11.3 Å². The third-order valence-corrected chi connectivity index (χ3v) is 5.57. The van der Waals surface area contributed by atoms with Crippen LogP contribution in [0.4, 0.5) is 4.39 Å². The summed E-state index contributed by atoms with van der Waals surface area (Å²) in [6.45, 7) is 2.10. The van der Waals surface area contributed by atoms with Crippen LogP contribution in [0.3, 0.4) is 0 Å². The van der Waals surface area contributed by atoms with Gasteiger partial charge in [-0.3, -0.25) is 14.4 Å². The highest BCUT2D eigenvalue weighted by Gasteiger charge is 2.49. The number of carboxylic acid groups (broad SMARTS) is 1. The first kappa shape index (κ1) is 21.4. The molecule has 2 atom stereocenters. The van der Waals surface area contributed by atoms with E-state index >= 15 is 0 Å². The first-order valence-corrected chi connectivity index (χ1v) is 9.95. The van der Waals surface area contributed by atoms with Gasteiger partial charge in [0.2, 0.25) is 11.7 Å². The smallest absolute Gasteiger partial charge is 0.323 e. The van der Waals surface area contributed by atoms with Crippen LogP contribution in [0.2, 0.25) is 0 Å². The van der Waals surface area contributed by atoms with Gasteiger partial charge in [0, 0.05) is 0 Å². The number of aliphatic carboxylic acids is 1. The van der Waals surface area contributed by atoms with Crippen LogP contribution in [0.15, 0.2) is 52.9 Å². The van der Waals surface area contributed by atoms with Crippen LogP contribution in [0.1, 0.15) is 36.0 Å². The molecule has 0 spiro atoms. The third-order valence-electron chi connectivity index (χ3n) is 5.57. The maximum atomic E-state index is 13.8. The predicted molar refractivity (Wildman–Crippen MR) is 112 cm³/mol. The number of amides is 2. The minimum absolute atomic E-state index is 0.0208. The molecule has 2 N–H and O–H groups in total. The molecule has 0 aliphatic carbocycles. The Morgan fingerprint density at radius 2 is 1.97 bits per heavy atom. The summed E-state index contributed by atoms with van der Waals surface area (Å²) in [6, 6.07) is 12.5. The maximum Gasteiger partial charge on any atom is 0.323 e. The highest BCUT2D eigenvalue weighted by Crippen LogP contribution is 2.38. The van der Waals surface area contributed by atoms with E-state index < -0.39 is 41.7 Å². The summed E-state index contributed by atoms with van der Waals surface area (Å²) in [5.41, 5.74) is -0.617. The summed E-state index contributed by atoms with van der Waals surface area (Å²) in [7, 11) is 0. The van der Waals surface area contributed by atoms with E-state index in [1.54, 1.807) is 6.92 Å². The lowest BCUT2D eigenvalue weighted by Crippen LogP contribution is -2.62. The Labute approximate surface area is 182 Å². The van der Waals surface area contributed by atoms with Crippen molar-refractivity contribution in [3.63, 3.8) is 0 Å². The maximum absolute atomic E-state index is 13.8. The second kappa shape index (κ2) is 7.99. The van der Waals surface area contributed by atoms with E-state index in [-0.39, 0.29) is 29.1 Å². The SMILES string of the molecule is C[C@H](NC(=O)C1(C)COc2c(oc3ccc(F)cc23)C(=O)N1CC(=O)O)c1ccccc1. The second-order valence-corrected chi connectivity index (χ2v) is 7.85. The van der Waals surface area contributed by atoms with Crippen LogP contribution in [0.5, 0.6) is 5.75 Å². The number of furan rings is 1. The third kappa shape index (κ3) is 3.66. The lowest BCUT2D eigenvalue weighted by atomic mass is 9.97. The number of carboxylic acids is 1. The van der Waals surface area contributed by atoms with E-state index in [4.69, 9.17) is 9.15 Å². The van der Waals surface area contributed by atoms with Crippen molar-refractivity contribution in [3.8, 4) is 5.75 Å². The molecule has 1 aromatic heterocycles. The lowest BCUT2D eigenvalue weighted by molar-refractivity contribution is -0.142. The molecule has 0 saturated heterocycles. The first-order valence-electron chi connectivity index (χ1n) is 9.95. The van der Waals surface area contributed by atoms with Crippen LogP contribution >= 0.6 is 0 Å². The predicted octanol–water partition coefficient (Wildman–Crippen LogP) is 3.13. The normalized spacial score (nSPS) is 19.1. The van der Waals surface area contributed by atoms with Crippen LogP contribution < -0.4 is 10.1 Å². The van der Waals surface area contributed by atoms with Crippen LogP contribution in [-0.4, -0.2) is 46.5 Å². The molecule has 0 fully saturated rings. The summed E-state index contributed by atoms with van der Waals surface area (Å²) in [5, 5.41) is 12.5. The van der Waals surface area contributed by atoms with Gasteiger partial charge in [-0.1, -0.05) is 30.3 Å². The molecular formula is C23H21FN2O6. The van der Waals surface area contributed by atoms with Gasteiger partial charge in [0.25, 0.3) is 5.91 Å². The van der Waals surface area contributed by atoms with Crippen molar-refractivity contribution in [3.05, 3.63) is 65.7 Å². The highest BCUT2D eigenvalue weighted by molar-refractivity contribution is 6.05. The Morgan fingerprint density at radius 1 is 1.25 bits per heavy atom. The number of nitrogens with one attached hydrogen (secondary N) is 1. The van der Waals surface area contributed by atoms with Crippen molar-refractivity contribution in [2.24, 2.45) is 0 Å². The summed E-state index contributed by atoms with van der Waals surface area (Å²) >= 11 is 0. The van der Waals surface area contributed by atoms with E-state index in [0.29, 0.717) is 0 Å². The molecule has 3 aromatic rings. The quantitative estimate of drug-likeness (QED) is 0.631. The Bertz CT molecular complexity index is 1210. The fourth-order valence-electron chi connectivity index (χ4n) is 3.72. The molecular weight excluding hydrogens is 419 g/mol. The Balaban J connectivity index is 1.72. The molecule has 1 aliphatic rings. The van der Waals surface area contributed by atoms with Gasteiger partial charge in [-0.2, -0.15) is 0 Å². The topological polar surface area (TPSA) is 109 Å². The van der Waals surface area contributed by atoms with Crippen molar-refractivity contribution in [2.75, 3.05) is 13.2 Å². The van der Waals surface area contributed by atoms with Crippen LogP contribution in [0, 0.1) is 5.82 Å². The molecule has 32 heavy (non-hydrogen) atoms. The van der Waals surface area contributed by atoms with E-state index in [1.807, 2.05) is 30.3 Å². The van der Waals surface area contributed by atoms with Gasteiger partial charge >= 0.3 is 5.97 Å². The number of carbonyl (C=O) groups excluding carboxylic acids is 2. The highest BCUT2D eigenvalue weighted by atomic mass is 19.1.